The molecule has 0 saturated heterocycles. The van der Waals surface area contributed by atoms with Crippen molar-refractivity contribution in [3.63, 3.8) is 0 Å². The molecule has 5 nitrogen and oxygen atoms in total. The number of esters is 1. The van der Waals surface area contributed by atoms with Gasteiger partial charge in [-0.2, -0.15) is 0 Å². The van der Waals surface area contributed by atoms with Crippen LogP contribution in [0.25, 0.3) is 6.08 Å². The van der Waals surface area contributed by atoms with Crippen molar-refractivity contribution in [2.75, 3.05) is 18.5 Å². The van der Waals surface area contributed by atoms with Crippen molar-refractivity contribution in [1.82, 2.24) is 5.32 Å². The first kappa shape index (κ1) is 20.3. The number of anilines is 1. The largest absolute Gasteiger partial charge is 0.463 e. The molecule has 0 bridgehead atoms. The van der Waals surface area contributed by atoms with E-state index in [4.69, 9.17) is 4.74 Å². The molecule has 0 radical (unpaired) electrons. The maximum Gasteiger partial charge on any atom is 0.330 e. The second-order valence-electron chi connectivity index (χ2n) is 5.88. The third-order valence-electron chi connectivity index (χ3n) is 3.83. The van der Waals surface area contributed by atoms with Crippen LogP contribution in [-0.2, 0) is 14.3 Å². The van der Waals surface area contributed by atoms with Gasteiger partial charge in [0.25, 0.3) is 0 Å². The minimum atomic E-state index is -0.398. The Morgan fingerprint density at radius 2 is 1.85 bits per heavy atom. The Hall–Kier alpha value is -2.99. The maximum atomic E-state index is 13.7. The summed E-state index contributed by atoms with van der Waals surface area (Å²) in [6.45, 7) is 3.93. The topological polar surface area (TPSA) is 67.4 Å². The van der Waals surface area contributed by atoms with E-state index in [0.717, 1.165) is 5.56 Å². The van der Waals surface area contributed by atoms with Crippen molar-refractivity contribution in [3.8, 4) is 0 Å². The number of rotatable bonds is 8. The van der Waals surface area contributed by atoms with E-state index in [2.05, 4.69) is 10.6 Å². The molecular weight excluding hydrogens is 347 g/mol. The molecule has 2 aromatic carbocycles. The molecule has 27 heavy (non-hydrogen) atoms. The number of nitrogens with one attached hydrogen (secondary N) is 2. The molecule has 0 heterocycles. The van der Waals surface area contributed by atoms with Gasteiger partial charge in [-0.15, -0.1) is 0 Å². The van der Waals surface area contributed by atoms with Crippen LogP contribution in [0.2, 0.25) is 0 Å². The number of amides is 1. The van der Waals surface area contributed by atoms with Crippen LogP contribution in [0.4, 0.5) is 10.1 Å². The maximum absolute atomic E-state index is 13.7. The van der Waals surface area contributed by atoms with E-state index >= 15 is 0 Å². The average molecular weight is 370 g/mol. The number of hydrogen-bond donors (Lipinski definition) is 2. The van der Waals surface area contributed by atoms with Gasteiger partial charge in [-0.05, 0) is 43.7 Å². The van der Waals surface area contributed by atoms with Gasteiger partial charge >= 0.3 is 5.97 Å². The lowest BCUT2D eigenvalue weighted by atomic mass is 10.1. The van der Waals surface area contributed by atoms with E-state index in [-0.39, 0.29) is 24.3 Å². The fourth-order valence-corrected chi connectivity index (χ4v) is 2.42. The molecule has 0 aliphatic carbocycles. The van der Waals surface area contributed by atoms with Gasteiger partial charge in [0.05, 0.1) is 13.2 Å². The van der Waals surface area contributed by atoms with E-state index < -0.39 is 5.97 Å². The molecule has 1 amide bonds. The van der Waals surface area contributed by atoms with Crippen LogP contribution in [0.1, 0.15) is 31.0 Å². The highest BCUT2D eigenvalue weighted by Crippen LogP contribution is 2.16. The van der Waals surface area contributed by atoms with Gasteiger partial charge in [-0.1, -0.05) is 30.3 Å². The number of carbonyl (C=O) groups excluding carboxylic acids is 2. The highest BCUT2D eigenvalue weighted by Gasteiger charge is 2.11. The summed E-state index contributed by atoms with van der Waals surface area (Å²) in [5.41, 5.74) is 1.96. The first-order chi connectivity index (χ1) is 13.0. The van der Waals surface area contributed by atoms with E-state index in [9.17, 15) is 14.0 Å². The number of ether oxygens (including phenoxy) is 1. The Bertz CT molecular complexity index is 803. The summed E-state index contributed by atoms with van der Waals surface area (Å²) in [6, 6.07) is 13.2. The molecule has 142 valence electrons. The Kier molecular flexibility index (Phi) is 7.70. The summed E-state index contributed by atoms with van der Waals surface area (Å²) in [7, 11) is 0. The van der Waals surface area contributed by atoms with Crippen LogP contribution >= 0.6 is 0 Å². The van der Waals surface area contributed by atoms with Crippen LogP contribution in [0, 0.1) is 5.82 Å². The van der Waals surface area contributed by atoms with Gasteiger partial charge in [-0.3, -0.25) is 4.79 Å². The lowest BCUT2D eigenvalue weighted by molar-refractivity contribution is -0.137. The Morgan fingerprint density at radius 1 is 1.15 bits per heavy atom. The second kappa shape index (κ2) is 10.2. The summed E-state index contributed by atoms with van der Waals surface area (Å²) in [6.07, 6.45) is 2.99. The average Bonchev–Trinajstić information content (AvgIpc) is 2.66. The minimum Gasteiger partial charge on any atom is -0.463 e. The van der Waals surface area contributed by atoms with Crippen LogP contribution in [-0.4, -0.2) is 25.0 Å². The number of halogens is 1. The Balaban J connectivity index is 1.83. The van der Waals surface area contributed by atoms with Gasteiger partial charge in [0.15, 0.2) is 0 Å². The van der Waals surface area contributed by atoms with Gasteiger partial charge in [0.2, 0.25) is 5.91 Å². The standard InChI is InChI=1S/C21H23FN2O3/c1-3-27-21(26)13-10-16-8-11-17(12-9-16)24-20(25)14-23-15(2)18-6-4-5-7-19(18)22/h4-13,15,23H,3,14H2,1-2H3,(H,24,25)/b13-10+. The summed E-state index contributed by atoms with van der Waals surface area (Å²) in [5, 5.41) is 5.77. The van der Waals surface area contributed by atoms with Crippen molar-refractivity contribution in [2.24, 2.45) is 0 Å². The van der Waals surface area contributed by atoms with Crippen molar-refractivity contribution in [2.45, 2.75) is 19.9 Å². The van der Waals surface area contributed by atoms with Gasteiger partial charge in [0, 0.05) is 23.4 Å². The summed E-state index contributed by atoms with van der Waals surface area (Å²) in [4.78, 5) is 23.3. The van der Waals surface area contributed by atoms with Crippen LogP contribution in [0.15, 0.2) is 54.6 Å². The van der Waals surface area contributed by atoms with E-state index in [1.165, 1.54) is 12.1 Å². The van der Waals surface area contributed by atoms with Gasteiger partial charge < -0.3 is 15.4 Å². The normalized spacial score (nSPS) is 12.0. The van der Waals surface area contributed by atoms with Crippen molar-refractivity contribution in [3.05, 3.63) is 71.6 Å². The first-order valence-corrected chi connectivity index (χ1v) is 8.72. The lowest BCUT2D eigenvalue weighted by Gasteiger charge is -2.15. The van der Waals surface area contributed by atoms with Crippen LogP contribution in [0.3, 0.4) is 0 Å². The molecule has 1 unspecified atom stereocenters. The zero-order valence-corrected chi connectivity index (χ0v) is 15.4. The SMILES string of the molecule is CCOC(=O)/C=C/c1ccc(NC(=O)CNC(C)c2ccccc2F)cc1. The molecule has 0 aliphatic rings. The van der Waals surface area contributed by atoms with E-state index in [1.54, 1.807) is 62.4 Å². The number of carbonyl (C=O) groups is 2. The number of benzene rings is 2. The zero-order chi connectivity index (χ0) is 19.6. The van der Waals surface area contributed by atoms with E-state index in [1.807, 2.05) is 0 Å². The second-order valence-corrected chi connectivity index (χ2v) is 5.88. The molecule has 0 fully saturated rings. The molecule has 2 N–H and O–H groups in total. The molecule has 2 rings (SSSR count). The predicted molar refractivity (Wildman–Crippen MR) is 104 cm³/mol. The molecule has 6 heteroatoms. The summed E-state index contributed by atoms with van der Waals surface area (Å²) < 4.78 is 18.5. The molecule has 0 spiro atoms. The van der Waals surface area contributed by atoms with Gasteiger partial charge in [0.1, 0.15) is 5.82 Å². The Labute approximate surface area is 158 Å². The fraction of sp³-hybridized carbons (Fsp3) is 0.238. The van der Waals surface area contributed by atoms with Crippen molar-refractivity contribution >= 4 is 23.6 Å². The molecular formula is C21H23FN2O3. The predicted octanol–water partition coefficient (Wildman–Crippen LogP) is 3.69. The van der Waals surface area contributed by atoms with Crippen molar-refractivity contribution < 1.29 is 18.7 Å². The molecule has 0 aliphatic heterocycles. The zero-order valence-electron chi connectivity index (χ0n) is 15.4. The molecule has 1 atom stereocenters. The molecule has 0 saturated carbocycles. The quantitative estimate of drug-likeness (QED) is 0.549. The van der Waals surface area contributed by atoms with Crippen LogP contribution < -0.4 is 10.6 Å². The fourth-order valence-electron chi connectivity index (χ4n) is 2.42. The molecule has 2 aromatic rings. The third-order valence-corrected chi connectivity index (χ3v) is 3.83. The van der Waals surface area contributed by atoms with E-state index in [0.29, 0.717) is 17.9 Å². The highest BCUT2D eigenvalue weighted by molar-refractivity contribution is 5.92. The summed E-state index contributed by atoms with van der Waals surface area (Å²) in [5.74, 6) is -0.928. The first-order valence-electron chi connectivity index (χ1n) is 8.72. The lowest BCUT2D eigenvalue weighted by Crippen LogP contribution is -2.30. The van der Waals surface area contributed by atoms with Crippen LogP contribution in [0.5, 0.6) is 0 Å². The molecule has 0 aromatic heterocycles. The smallest absolute Gasteiger partial charge is 0.330 e. The third kappa shape index (κ3) is 6.67. The Morgan fingerprint density at radius 3 is 2.52 bits per heavy atom. The summed E-state index contributed by atoms with van der Waals surface area (Å²) >= 11 is 0. The highest BCUT2D eigenvalue weighted by atomic mass is 19.1. The van der Waals surface area contributed by atoms with Crippen molar-refractivity contribution in [1.29, 1.82) is 0 Å². The van der Waals surface area contributed by atoms with Gasteiger partial charge in [-0.25, -0.2) is 9.18 Å². The monoisotopic (exact) mass is 370 g/mol. The number of hydrogen-bond acceptors (Lipinski definition) is 4. The minimum absolute atomic E-state index is 0.0556.